The highest BCUT2D eigenvalue weighted by molar-refractivity contribution is 7.91. The van der Waals surface area contributed by atoms with E-state index in [2.05, 4.69) is 43.8 Å². The van der Waals surface area contributed by atoms with E-state index < -0.39 is 50.4 Å². The summed E-state index contributed by atoms with van der Waals surface area (Å²) in [5, 5.41) is 2.54. The number of imidazole rings is 1. The molecule has 2 saturated carbocycles. The van der Waals surface area contributed by atoms with E-state index >= 15 is 0 Å². The molecule has 15 heteroatoms. The zero-order valence-electron chi connectivity index (χ0n) is 36.5. The number of nitrogens with one attached hydrogen (secondary N) is 2. The molecular formula is C44H70N6O8S. The molecule has 1 saturated heterocycles. The number of likely N-dealkylation sites (tertiary alicyclic amines) is 1. The highest BCUT2D eigenvalue weighted by atomic mass is 32.2. The molecule has 0 bridgehead atoms. The quantitative estimate of drug-likeness (QED) is 0.0927. The van der Waals surface area contributed by atoms with Gasteiger partial charge in [-0.1, -0.05) is 77.8 Å². The zero-order chi connectivity index (χ0) is 43.1. The molecule has 5 rings (SSSR count). The molecule has 0 radical (unpaired) electrons. The molecule has 330 valence electrons. The van der Waals surface area contributed by atoms with Crippen LogP contribution in [0, 0.1) is 17.8 Å². The van der Waals surface area contributed by atoms with Crippen LogP contribution in [0.25, 0.3) is 11.0 Å². The number of aromatic nitrogens is 2. The van der Waals surface area contributed by atoms with Gasteiger partial charge in [-0.2, -0.15) is 4.98 Å². The normalized spacial score (nSPS) is 21.2. The first kappa shape index (κ1) is 46.2. The van der Waals surface area contributed by atoms with Crippen LogP contribution in [0.2, 0.25) is 0 Å². The molecule has 4 amide bonds. The van der Waals surface area contributed by atoms with E-state index in [0.717, 1.165) is 87.2 Å². The number of sulfonamides is 1. The zero-order valence-corrected chi connectivity index (χ0v) is 37.3. The first-order valence-corrected chi connectivity index (χ1v) is 23.6. The summed E-state index contributed by atoms with van der Waals surface area (Å²) in [4.78, 5) is 57.1. The number of carbonyl (C=O) groups excluding carboxylic acids is 4. The second kappa shape index (κ2) is 19.7. The van der Waals surface area contributed by atoms with Crippen LogP contribution in [0.5, 0.6) is 6.01 Å². The number of amides is 4. The third-order valence-electron chi connectivity index (χ3n) is 12.5. The number of alkyl carbamates (subject to hydrolysis) is 1. The minimum Gasteiger partial charge on any atom is -0.459 e. The molecule has 2 aliphatic carbocycles. The third-order valence-corrected chi connectivity index (χ3v) is 14.7. The van der Waals surface area contributed by atoms with Crippen molar-refractivity contribution in [3.63, 3.8) is 0 Å². The van der Waals surface area contributed by atoms with Gasteiger partial charge in [0.25, 0.3) is 6.01 Å². The molecule has 14 nitrogen and oxygen atoms in total. The van der Waals surface area contributed by atoms with Crippen LogP contribution in [0.3, 0.4) is 0 Å². The maximum Gasteiger partial charge on any atom is 0.408 e. The standard InChI is InChI=1S/C44H70N6O8S/c1-8-31-25-34(31)40(53)48-59(55,56)44(23-24-44)21-15-13-11-9-10-12-14-17-32-18-16-19-35-38(32)47-41(50(35)30(4)5)57-33-26-36(39(45)52)49(28-33)37(51)27-46-42(54)58-43(6,7)22-20-29(2)3/h16,18-19,29-31,33-34,36H,8-15,17,20-28H2,1-7H3,(H2,45,52)(H,46,54)(H,48,53)/t31-,33-,34+,36+/m1/s1. The first-order chi connectivity index (χ1) is 27.9. The number of primary amides is 1. The van der Waals surface area contributed by atoms with Gasteiger partial charge in [-0.25, -0.2) is 13.2 Å². The van der Waals surface area contributed by atoms with Crippen molar-refractivity contribution in [2.24, 2.45) is 23.5 Å². The summed E-state index contributed by atoms with van der Waals surface area (Å²) in [6.07, 6.45) is 12.2. The van der Waals surface area contributed by atoms with Crippen LogP contribution in [0.4, 0.5) is 4.79 Å². The maximum atomic E-state index is 13.3. The van der Waals surface area contributed by atoms with Crippen molar-refractivity contribution in [1.82, 2.24) is 24.5 Å². The Morgan fingerprint density at radius 2 is 1.68 bits per heavy atom. The van der Waals surface area contributed by atoms with Crippen LogP contribution in [0.1, 0.15) is 156 Å². The van der Waals surface area contributed by atoms with E-state index in [9.17, 15) is 27.6 Å². The lowest BCUT2D eigenvalue weighted by Crippen LogP contribution is -2.48. The molecule has 1 aliphatic heterocycles. The van der Waals surface area contributed by atoms with Gasteiger partial charge in [-0.15, -0.1) is 0 Å². The van der Waals surface area contributed by atoms with Crippen LogP contribution in [-0.2, 0) is 35.6 Å². The largest absolute Gasteiger partial charge is 0.459 e. The summed E-state index contributed by atoms with van der Waals surface area (Å²) in [6, 6.07) is 5.74. The van der Waals surface area contributed by atoms with E-state index in [0.29, 0.717) is 43.5 Å². The van der Waals surface area contributed by atoms with Gasteiger partial charge in [-0.05, 0) is 103 Å². The number of benzene rings is 1. The average Bonchev–Trinajstić information content (AvgIpc) is 4.06. The van der Waals surface area contributed by atoms with Gasteiger partial charge in [0.2, 0.25) is 27.7 Å². The van der Waals surface area contributed by atoms with E-state index in [4.69, 9.17) is 20.2 Å². The van der Waals surface area contributed by atoms with Crippen molar-refractivity contribution >= 4 is 44.9 Å². The summed E-state index contributed by atoms with van der Waals surface area (Å²) >= 11 is 0. The van der Waals surface area contributed by atoms with Gasteiger partial charge in [0.05, 0.1) is 22.3 Å². The summed E-state index contributed by atoms with van der Waals surface area (Å²) < 4.78 is 41.7. The molecule has 0 spiro atoms. The number of ether oxygens (including phenoxy) is 2. The van der Waals surface area contributed by atoms with Crippen molar-refractivity contribution in [3.8, 4) is 6.01 Å². The highest BCUT2D eigenvalue weighted by Crippen LogP contribution is 2.48. The lowest BCUT2D eigenvalue weighted by molar-refractivity contribution is -0.136. The topological polar surface area (TPSA) is 192 Å². The molecule has 3 aliphatic rings. The smallest absolute Gasteiger partial charge is 0.408 e. The Kier molecular flexibility index (Phi) is 15.4. The van der Waals surface area contributed by atoms with Crippen LogP contribution in [-0.4, -0.2) is 82.3 Å². The highest BCUT2D eigenvalue weighted by Gasteiger charge is 2.55. The number of nitrogens with two attached hydrogens (primary N) is 1. The second-order valence-electron chi connectivity index (χ2n) is 18.7. The Balaban J connectivity index is 1.07. The SMILES string of the molecule is CC[C@@H]1C[C@@H]1C(=O)NS(=O)(=O)C1(CCCCCCCCCc2cccc3c2nc(O[C@@H]2C[C@@H](C(N)=O)N(C(=O)CNC(=O)OC(C)(C)CCC(C)C)C2)n3C(C)C)CC1. The molecule has 4 atom stereocenters. The fraction of sp³-hybridized carbons (Fsp3) is 0.750. The van der Waals surface area contributed by atoms with Crippen LogP contribution >= 0.6 is 0 Å². The molecule has 0 unspecified atom stereocenters. The van der Waals surface area contributed by atoms with Crippen molar-refractivity contribution in [2.75, 3.05) is 13.1 Å². The molecular weight excluding hydrogens is 773 g/mol. The van der Waals surface area contributed by atoms with E-state index in [1.165, 1.54) is 4.90 Å². The summed E-state index contributed by atoms with van der Waals surface area (Å²) in [5.41, 5.74) is 8.01. The Morgan fingerprint density at radius 3 is 2.29 bits per heavy atom. The first-order valence-electron chi connectivity index (χ1n) is 22.1. The monoisotopic (exact) mass is 842 g/mol. The number of fused-ring (bicyclic) bond motifs is 1. The van der Waals surface area contributed by atoms with Gasteiger partial charge < -0.3 is 25.4 Å². The Hall–Kier alpha value is -3.88. The van der Waals surface area contributed by atoms with Crippen molar-refractivity contribution in [1.29, 1.82) is 0 Å². The Bertz CT molecular complexity index is 1900. The summed E-state index contributed by atoms with van der Waals surface area (Å²) in [6.45, 7) is 13.8. The predicted molar refractivity (Wildman–Crippen MR) is 228 cm³/mol. The predicted octanol–water partition coefficient (Wildman–Crippen LogP) is 7.08. The summed E-state index contributed by atoms with van der Waals surface area (Å²) in [5.74, 6) is -0.741. The van der Waals surface area contributed by atoms with Gasteiger partial charge >= 0.3 is 6.09 Å². The Labute approximate surface area is 351 Å². The van der Waals surface area contributed by atoms with Crippen LogP contribution in [0.15, 0.2) is 18.2 Å². The van der Waals surface area contributed by atoms with E-state index in [-0.39, 0.29) is 37.4 Å². The lowest BCUT2D eigenvalue weighted by Gasteiger charge is -2.26. The fourth-order valence-corrected chi connectivity index (χ4v) is 10.2. The fourth-order valence-electron chi connectivity index (χ4n) is 8.51. The molecule has 1 aromatic heterocycles. The van der Waals surface area contributed by atoms with E-state index in [1.807, 2.05) is 37.5 Å². The molecule has 59 heavy (non-hydrogen) atoms. The minimum atomic E-state index is -3.63. The number of para-hydroxylation sites is 1. The Morgan fingerprint density at radius 1 is 1.00 bits per heavy atom. The molecule has 3 fully saturated rings. The number of aryl methyl sites for hydroxylation is 1. The second-order valence-corrected chi connectivity index (χ2v) is 20.7. The number of carbonyl (C=O) groups is 4. The third kappa shape index (κ3) is 12.1. The van der Waals surface area contributed by atoms with Crippen molar-refractivity contribution < 1.29 is 37.1 Å². The number of nitrogens with zero attached hydrogens (tertiary/aromatic N) is 3. The number of rotatable bonds is 24. The minimum absolute atomic E-state index is 0.0290. The van der Waals surface area contributed by atoms with Gasteiger partial charge in [0.15, 0.2) is 0 Å². The van der Waals surface area contributed by atoms with Crippen LogP contribution < -0.4 is 20.5 Å². The van der Waals surface area contributed by atoms with Gasteiger partial charge in [0.1, 0.15) is 24.3 Å². The summed E-state index contributed by atoms with van der Waals surface area (Å²) in [7, 11) is -3.63. The lowest BCUT2D eigenvalue weighted by atomic mass is 9.97. The molecule has 2 aromatic rings. The van der Waals surface area contributed by atoms with Gasteiger partial charge in [-0.3, -0.25) is 23.7 Å². The number of unbranched alkanes of at least 4 members (excludes halogenated alkanes) is 6. The maximum absolute atomic E-state index is 13.3. The average molecular weight is 843 g/mol. The van der Waals surface area contributed by atoms with Gasteiger partial charge in [0, 0.05) is 18.4 Å². The number of hydrogen-bond donors (Lipinski definition) is 3. The van der Waals surface area contributed by atoms with Crippen molar-refractivity contribution in [3.05, 3.63) is 23.8 Å². The molecule has 2 heterocycles. The molecule has 1 aromatic carbocycles. The number of hydrogen-bond acceptors (Lipinski definition) is 9. The van der Waals surface area contributed by atoms with Crippen molar-refractivity contribution in [2.45, 2.75) is 180 Å². The molecule has 4 N–H and O–H groups in total. The van der Waals surface area contributed by atoms with E-state index in [1.54, 1.807) is 0 Å².